The Bertz CT molecular complexity index is 236. The SMILES string of the molecule is CC(C)OC1CC2(CCN(CC(O)O)C2)C1. The number of likely N-dealkylation sites (tertiary alicyclic amines) is 1. The van der Waals surface area contributed by atoms with E-state index in [0.717, 1.165) is 25.9 Å². The van der Waals surface area contributed by atoms with Gasteiger partial charge < -0.3 is 14.9 Å². The van der Waals surface area contributed by atoms with E-state index in [1.54, 1.807) is 0 Å². The summed E-state index contributed by atoms with van der Waals surface area (Å²) in [6, 6.07) is 0. The van der Waals surface area contributed by atoms with Crippen LogP contribution in [0.1, 0.15) is 33.1 Å². The summed E-state index contributed by atoms with van der Waals surface area (Å²) >= 11 is 0. The standard InChI is InChI=1S/C12H23NO3/c1-9(2)16-10-5-12(6-10)3-4-13(8-12)7-11(14)15/h9-11,14-15H,3-8H2,1-2H3. The minimum absolute atomic E-state index is 0.319. The summed E-state index contributed by atoms with van der Waals surface area (Å²) in [7, 11) is 0. The molecule has 0 radical (unpaired) electrons. The molecule has 2 rings (SSSR count). The van der Waals surface area contributed by atoms with Gasteiger partial charge in [0.15, 0.2) is 6.29 Å². The molecule has 4 nitrogen and oxygen atoms in total. The molecule has 0 unspecified atom stereocenters. The summed E-state index contributed by atoms with van der Waals surface area (Å²) in [4.78, 5) is 2.15. The molecule has 1 aliphatic carbocycles. The quantitative estimate of drug-likeness (QED) is 0.692. The molecule has 16 heavy (non-hydrogen) atoms. The van der Waals surface area contributed by atoms with E-state index in [-0.39, 0.29) is 0 Å². The van der Waals surface area contributed by atoms with Gasteiger partial charge >= 0.3 is 0 Å². The van der Waals surface area contributed by atoms with Crippen LogP contribution in [0.25, 0.3) is 0 Å². The van der Waals surface area contributed by atoms with Crippen molar-refractivity contribution in [2.45, 2.75) is 51.6 Å². The van der Waals surface area contributed by atoms with E-state index in [2.05, 4.69) is 18.7 Å². The number of aliphatic hydroxyl groups is 2. The van der Waals surface area contributed by atoms with Gasteiger partial charge in [0.1, 0.15) is 0 Å². The molecule has 0 aromatic carbocycles. The normalized spacial score (nSPS) is 35.2. The maximum atomic E-state index is 8.93. The third-order valence-corrected chi connectivity index (χ3v) is 3.72. The van der Waals surface area contributed by atoms with Gasteiger partial charge in [-0.15, -0.1) is 0 Å². The van der Waals surface area contributed by atoms with Crippen molar-refractivity contribution in [2.75, 3.05) is 19.6 Å². The molecule has 0 atom stereocenters. The number of aliphatic hydroxyl groups excluding tert-OH is 1. The number of β-amino-alcohol motifs (C(OH)–C–C–N with tert-alkyl or cyclic N) is 2. The molecular weight excluding hydrogens is 206 g/mol. The summed E-state index contributed by atoms with van der Waals surface area (Å²) in [5.74, 6) is 0. The lowest BCUT2D eigenvalue weighted by Crippen LogP contribution is -2.45. The summed E-state index contributed by atoms with van der Waals surface area (Å²) in [6.45, 7) is 6.54. The molecule has 1 spiro atoms. The zero-order chi connectivity index (χ0) is 11.8. The Kier molecular flexibility index (Phi) is 3.54. The highest BCUT2D eigenvalue weighted by Gasteiger charge is 2.49. The van der Waals surface area contributed by atoms with Crippen LogP contribution < -0.4 is 0 Å². The van der Waals surface area contributed by atoms with Crippen molar-refractivity contribution >= 4 is 0 Å². The van der Waals surface area contributed by atoms with Crippen LogP contribution in [0.3, 0.4) is 0 Å². The first-order valence-corrected chi connectivity index (χ1v) is 6.23. The molecule has 0 aromatic rings. The molecule has 1 aliphatic heterocycles. The number of hydrogen-bond acceptors (Lipinski definition) is 4. The molecule has 1 heterocycles. The van der Waals surface area contributed by atoms with Gasteiger partial charge in [-0.25, -0.2) is 0 Å². The Morgan fingerprint density at radius 1 is 1.38 bits per heavy atom. The van der Waals surface area contributed by atoms with Crippen molar-refractivity contribution in [3.63, 3.8) is 0 Å². The summed E-state index contributed by atoms with van der Waals surface area (Å²) in [6.07, 6.45) is 3.01. The molecule has 1 saturated carbocycles. The van der Waals surface area contributed by atoms with Gasteiger partial charge in [-0.05, 0) is 45.1 Å². The monoisotopic (exact) mass is 229 g/mol. The summed E-state index contributed by atoms with van der Waals surface area (Å²) in [5, 5.41) is 17.9. The van der Waals surface area contributed by atoms with Crippen molar-refractivity contribution < 1.29 is 14.9 Å². The maximum absolute atomic E-state index is 8.93. The van der Waals surface area contributed by atoms with Crippen LogP contribution in [0.5, 0.6) is 0 Å². The lowest BCUT2D eigenvalue weighted by molar-refractivity contribution is -0.103. The highest BCUT2D eigenvalue weighted by molar-refractivity contribution is 5.01. The van der Waals surface area contributed by atoms with E-state index in [0.29, 0.717) is 24.2 Å². The fraction of sp³-hybridized carbons (Fsp3) is 1.00. The first-order chi connectivity index (χ1) is 7.49. The van der Waals surface area contributed by atoms with Gasteiger partial charge in [-0.1, -0.05) is 0 Å². The third kappa shape index (κ3) is 2.74. The average molecular weight is 229 g/mol. The highest BCUT2D eigenvalue weighted by Crippen LogP contribution is 2.49. The molecule has 2 aliphatic rings. The van der Waals surface area contributed by atoms with E-state index >= 15 is 0 Å². The van der Waals surface area contributed by atoms with Crippen molar-refractivity contribution in [2.24, 2.45) is 5.41 Å². The molecule has 94 valence electrons. The first kappa shape index (κ1) is 12.3. The van der Waals surface area contributed by atoms with Crippen molar-refractivity contribution in [3.8, 4) is 0 Å². The van der Waals surface area contributed by atoms with E-state index in [1.807, 2.05) is 0 Å². The second-order valence-electron chi connectivity index (χ2n) is 5.68. The van der Waals surface area contributed by atoms with E-state index in [1.165, 1.54) is 6.42 Å². The maximum Gasteiger partial charge on any atom is 0.164 e. The number of rotatable bonds is 4. The molecule has 4 heteroatoms. The Morgan fingerprint density at radius 3 is 2.62 bits per heavy atom. The van der Waals surface area contributed by atoms with Crippen LogP contribution >= 0.6 is 0 Å². The smallest absolute Gasteiger partial charge is 0.164 e. The number of hydrogen-bond donors (Lipinski definition) is 2. The highest BCUT2D eigenvalue weighted by atomic mass is 16.5. The zero-order valence-electron chi connectivity index (χ0n) is 10.2. The summed E-state index contributed by atoms with van der Waals surface area (Å²) in [5.41, 5.74) is 0.411. The molecular formula is C12H23NO3. The largest absolute Gasteiger partial charge is 0.376 e. The fourth-order valence-electron chi connectivity index (χ4n) is 3.14. The minimum Gasteiger partial charge on any atom is -0.376 e. The van der Waals surface area contributed by atoms with Gasteiger partial charge in [0.2, 0.25) is 0 Å². The van der Waals surface area contributed by atoms with E-state index in [4.69, 9.17) is 14.9 Å². The lowest BCUT2D eigenvalue weighted by atomic mass is 9.66. The Morgan fingerprint density at radius 2 is 2.06 bits per heavy atom. The molecule has 0 aromatic heterocycles. The van der Waals surface area contributed by atoms with Gasteiger partial charge in [0, 0.05) is 13.1 Å². The minimum atomic E-state index is -1.20. The van der Waals surface area contributed by atoms with Gasteiger partial charge in [0.25, 0.3) is 0 Å². The molecule has 1 saturated heterocycles. The third-order valence-electron chi connectivity index (χ3n) is 3.72. The molecule has 0 amide bonds. The average Bonchev–Trinajstić information content (AvgIpc) is 2.45. The first-order valence-electron chi connectivity index (χ1n) is 6.23. The van der Waals surface area contributed by atoms with Crippen molar-refractivity contribution in [1.82, 2.24) is 4.90 Å². The van der Waals surface area contributed by atoms with Crippen LogP contribution in [-0.2, 0) is 4.74 Å². The number of nitrogens with zero attached hydrogens (tertiary/aromatic N) is 1. The predicted octanol–water partition coefficient (Wildman–Crippen LogP) is 0.577. The number of ether oxygens (including phenoxy) is 1. The second-order valence-corrected chi connectivity index (χ2v) is 5.68. The fourth-order valence-corrected chi connectivity index (χ4v) is 3.14. The van der Waals surface area contributed by atoms with Crippen LogP contribution in [-0.4, -0.2) is 53.2 Å². The molecule has 0 bridgehead atoms. The topological polar surface area (TPSA) is 52.9 Å². The van der Waals surface area contributed by atoms with Crippen LogP contribution in [0, 0.1) is 5.41 Å². The zero-order valence-corrected chi connectivity index (χ0v) is 10.2. The summed E-state index contributed by atoms with van der Waals surface area (Å²) < 4.78 is 5.77. The van der Waals surface area contributed by atoms with E-state index in [9.17, 15) is 0 Å². The van der Waals surface area contributed by atoms with Crippen LogP contribution in [0.2, 0.25) is 0 Å². The lowest BCUT2D eigenvalue weighted by Gasteiger charge is -2.45. The second kappa shape index (κ2) is 4.61. The van der Waals surface area contributed by atoms with Crippen molar-refractivity contribution in [3.05, 3.63) is 0 Å². The molecule has 2 fully saturated rings. The van der Waals surface area contributed by atoms with E-state index < -0.39 is 6.29 Å². The predicted molar refractivity (Wildman–Crippen MR) is 61.0 cm³/mol. The van der Waals surface area contributed by atoms with Gasteiger partial charge in [-0.2, -0.15) is 0 Å². The Hall–Kier alpha value is -0.160. The Labute approximate surface area is 97.2 Å². The molecule has 2 N–H and O–H groups in total. The van der Waals surface area contributed by atoms with Crippen LogP contribution in [0.4, 0.5) is 0 Å². The van der Waals surface area contributed by atoms with Gasteiger partial charge in [0.05, 0.1) is 12.2 Å². The van der Waals surface area contributed by atoms with Crippen LogP contribution in [0.15, 0.2) is 0 Å². The Balaban J connectivity index is 1.74. The van der Waals surface area contributed by atoms with Crippen molar-refractivity contribution in [1.29, 1.82) is 0 Å². The van der Waals surface area contributed by atoms with Gasteiger partial charge in [-0.3, -0.25) is 4.90 Å².